The highest BCUT2D eigenvalue weighted by molar-refractivity contribution is 7.10. The van der Waals surface area contributed by atoms with Crippen molar-refractivity contribution in [2.24, 2.45) is 0 Å². The molecule has 8 heteroatoms. The molecule has 1 atom stereocenters. The van der Waals surface area contributed by atoms with Crippen LogP contribution >= 0.6 is 11.3 Å². The van der Waals surface area contributed by atoms with Gasteiger partial charge in [0.2, 0.25) is 5.91 Å². The van der Waals surface area contributed by atoms with E-state index in [1.807, 2.05) is 23.3 Å². The van der Waals surface area contributed by atoms with Gasteiger partial charge in [-0.15, -0.1) is 11.3 Å². The smallest absolute Gasteiger partial charge is 0.318 e. The average molecular weight is 432 g/mol. The number of thiophene rings is 1. The fraction of sp³-hybridized carbons (Fsp3) is 0.455. The molecule has 2 heterocycles. The molecule has 0 radical (unpaired) electrons. The third-order valence-electron chi connectivity index (χ3n) is 5.52. The summed E-state index contributed by atoms with van der Waals surface area (Å²) in [5.41, 5.74) is 1.10. The molecule has 1 N–H and O–H groups in total. The van der Waals surface area contributed by atoms with Crippen LogP contribution in [0.2, 0.25) is 0 Å². The number of nitrogens with one attached hydrogen (secondary N) is 1. The number of carbonyl (C=O) groups is 2. The molecule has 3 amide bonds. The molecule has 0 spiro atoms. The number of fused-ring (bicyclic) bond motifs is 1. The van der Waals surface area contributed by atoms with Gasteiger partial charge in [0.1, 0.15) is 24.7 Å². The van der Waals surface area contributed by atoms with E-state index in [1.54, 1.807) is 28.4 Å². The van der Waals surface area contributed by atoms with E-state index in [4.69, 9.17) is 4.74 Å². The second kappa shape index (κ2) is 9.04. The summed E-state index contributed by atoms with van der Waals surface area (Å²) in [6, 6.07) is 7.67. The maximum Gasteiger partial charge on any atom is 0.318 e. The molecule has 1 saturated carbocycles. The number of benzene rings is 1. The lowest BCUT2D eigenvalue weighted by atomic mass is 10.0. The number of hydrogen-bond acceptors (Lipinski definition) is 4. The summed E-state index contributed by atoms with van der Waals surface area (Å²) in [6.45, 7) is 3.36. The predicted octanol–water partition coefficient (Wildman–Crippen LogP) is 3.59. The molecule has 30 heavy (non-hydrogen) atoms. The van der Waals surface area contributed by atoms with Gasteiger partial charge in [0, 0.05) is 24.0 Å². The standard InChI is InChI=1S/C22H26FN3O3S/c1-2-24-22(28)26(16-5-6-16)13-21(27)25-11-9-20-18(10-12-30-20)19(25)14-29-17-7-3-15(23)4-8-17/h3-4,7-8,10,12,16,19H,2,5-6,9,11,13-14H2,1H3,(H,24,28)/t19-/m0/s1. The fourth-order valence-corrected chi connectivity index (χ4v) is 4.75. The van der Waals surface area contributed by atoms with E-state index in [2.05, 4.69) is 5.32 Å². The fourth-order valence-electron chi connectivity index (χ4n) is 3.82. The molecular weight excluding hydrogens is 405 g/mol. The van der Waals surface area contributed by atoms with Gasteiger partial charge >= 0.3 is 6.03 Å². The molecule has 2 aromatic rings. The Morgan fingerprint density at radius 3 is 2.73 bits per heavy atom. The van der Waals surface area contributed by atoms with Crippen molar-refractivity contribution < 1.29 is 18.7 Å². The van der Waals surface area contributed by atoms with Gasteiger partial charge in [-0.2, -0.15) is 0 Å². The number of hydrogen-bond donors (Lipinski definition) is 1. The van der Waals surface area contributed by atoms with Gasteiger partial charge in [0.05, 0.1) is 6.04 Å². The number of amides is 3. The molecule has 1 aliphatic carbocycles. The quantitative estimate of drug-likeness (QED) is 0.729. The first-order valence-corrected chi connectivity index (χ1v) is 11.2. The zero-order chi connectivity index (χ0) is 21.1. The van der Waals surface area contributed by atoms with Crippen LogP contribution in [-0.2, 0) is 11.2 Å². The summed E-state index contributed by atoms with van der Waals surface area (Å²) in [5.74, 6) is 0.174. The summed E-state index contributed by atoms with van der Waals surface area (Å²) in [6.07, 6.45) is 2.68. The Kier molecular flexibility index (Phi) is 6.22. The molecule has 0 unspecified atom stereocenters. The SMILES string of the molecule is CCNC(=O)N(CC(=O)N1CCc2sccc2[C@@H]1COc1ccc(F)cc1)C1CC1. The normalized spacial score (nSPS) is 17.9. The third-order valence-corrected chi connectivity index (χ3v) is 6.52. The van der Waals surface area contributed by atoms with Gasteiger partial charge in [-0.1, -0.05) is 0 Å². The lowest BCUT2D eigenvalue weighted by molar-refractivity contribution is -0.135. The van der Waals surface area contributed by atoms with Gasteiger partial charge in [-0.05, 0) is 67.5 Å². The summed E-state index contributed by atoms with van der Waals surface area (Å²) >= 11 is 1.69. The van der Waals surface area contributed by atoms with Crippen molar-refractivity contribution >= 4 is 23.3 Å². The number of ether oxygens (including phenoxy) is 1. The summed E-state index contributed by atoms with van der Waals surface area (Å²) in [7, 11) is 0. The summed E-state index contributed by atoms with van der Waals surface area (Å²) in [4.78, 5) is 30.4. The third kappa shape index (κ3) is 4.59. The highest BCUT2D eigenvalue weighted by atomic mass is 32.1. The maximum absolute atomic E-state index is 13.3. The molecular formula is C22H26FN3O3S. The lowest BCUT2D eigenvalue weighted by Gasteiger charge is -2.37. The maximum atomic E-state index is 13.3. The Labute approximate surface area is 179 Å². The monoisotopic (exact) mass is 431 g/mol. The highest BCUT2D eigenvalue weighted by Crippen LogP contribution is 2.34. The van der Waals surface area contributed by atoms with E-state index in [0.29, 0.717) is 18.8 Å². The molecule has 4 rings (SSSR count). The van der Waals surface area contributed by atoms with Crippen molar-refractivity contribution in [1.29, 1.82) is 0 Å². The minimum Gasteiger partial charge on any atom is -0.491 e. The van der Waals surface area contributed by atoms with Crippen LogP contribution in [-0.4, -0.2) is 54.0 Å². The molecule has 1 aliphatic heterocycles. The lowest BCUT2D eigenvalue weighted by Crippen LogP contribution is -2.50. The van der Waals surface area contributed by atoms with Crippen LogP contribution in [0.3, 0.4) is 0 Å². The van der Waals surface area contributed by atoms with Crippen molar-refractivity contribution in [2.75, 3.05) is 26.2 Å². The molecule has 1 aromatic carbocycles. The van der Waals surface area contributed by atoms with E-state index in [9.17, 15) is 14.0 Å². The Balaban J connectivity index is 1.49. The number of nitrogens with zero attached hydrogens (tertiary/aromatic N) is 2. The zero-order valence-electron chi connectivity index (χ0n) is 17.0. The minimum absolute atomic E-state index is 0.0716. The van der Waals surface area contributed by atoms with Crippen LogP contribution in [0, 0.1) is 5.82 Å². The Hall–Kier alpha value is -2.61. The summed E-state index contributed by atoms with van der Waals surface area (Å²) < 4.78 is 19.1. The first-order chi connectivity index (χ1) is 14.6. The molecule has 6 nitrogen and oxygen atoms in total. The van der Waals surface area contributed by atoms with Crippen LogP contribution in [0.1, 0.15) is 36.2 Å². The number of urea groups is 1. The van der Waals surface area contributed by atoms with Gasteiger partial charge in [-0.25, -0.2) is 9.18 Å². The summed E-state index contributed by atoms with van der Waals surface area (Å²) in [5, 5.41) is 4.85. The van der Waals surface area contributed by atoms with Crippen molar-refractivity contribution in [3.63, 3.8) is 0 Å². The molecule has 160 valence electrons. The van der Waals surface area contributed by atoms with Crippen LogP contribution in [0.25, 0.3) is 0 Å². The second-order valence-electron chi connectivity index (χ2n) is 7.61. The van der Waals surface area contributed by atoms with Crippen LogP contribution in [0.5, 0.6) is 5.75 Å². The number of rotatable bonds is 7. The Morgan fingerprint density at radius 2 is 2.03 bits per heavy atom. The van der Waals surface area contributed by atoms with Crippen molar-refractivity contribution in [3.8, 4) is 5.75 Å². The highest BCUT2D eigenvalue weighted by Gasteiger charge is 2.37. The van der Waals surface area contributed by atoms with Crippen LogP contribution < -0.4 is 10.1 Å². The van der Waals surface area contributed by atoms with E-state index in [0.717, 1.165) is 24.8 Å². The molecule has 2 aliphatic rings. The van der Waals surface area contributed by atoms with Crippen molar-refractivity contribution in [1.82, 2.24) is 15.1 Å². The van der Waals surface area contributed by atoms with Crippen molar-refractivity contribution in [3.05, 3.63) is 52.0 Å². The van der Waals surface area contributed by atoms with Crippen LogP contribution in [0.15, 0.2) is 35.7 Å². The predicted molar refractivity (Wildman–Crippen MR) is 113 cm³/mol. The van der Waals surface area contributed by atoms with Gasteiger partial charge in [-0.3, -0.25) is 4.79 Å². The van der Waals surface area contributed by atoms with E-state index in [1.165, 1.54) is 17.0 Å². The van der Waals surface area contributed by atoms with E-state index >= 15 is 0 Å². The first-order valence-electron chi connectivity index (χ1n) is 10.4. The van der Waals surface area contributed by atoms with Gasteiger partial charge < -0.3 is 19.9 Å². The molecule has 0 saturated heterocycles. The molecule has 0 bridgehead atoms. The van der Waals surface area contributed by atoms with E-state index < -0.39 is 0 Å². The topological polar surface area (TPSA) is 61.9 Å². The first kappa shape index (κ1) is 20.7. The second-order valence-corrected chi connectivity index (χ2v) is 8.61. The molecule has 1 fully saturated rings. The zero-order valence-corrected chi connectivity index (χ0v) is 17.8. The minimum atomic E-state index is -0.317. The number of halogens is 1. The number of carbonyl (C=O) groups excluding carboxylic acids is 2. The molecule has 1 aromatic heterocycles. The largest absolute Gasteiger partial charge is 0.491 e. The van der Waals surface area contributed by atoms with E-state index in [-0.39, 0.29) is 43.0 Å². The Bertz CT molecular complexity index is 897. The van der Waals surface area contributed by atoms with Gasteiger partial charge in [0.15, 0.2) is 0 Å². The van der Waals surface area contributed by atoms with Gasteiger partial charge in [0.25, 0.3) is 0 Å². The van der Waals surface area contributed by atoms with Crippen LogP contribution in [0.4, 0.5) is 9.18 Å². The van der Waals surface area contributed by atoms with Crippen molar-refractivity contribution in [2.45, 2.75) is 38.3 Å². The Morgan fingerprint density at radius 1 is 1.27 bits per heavy atom. The average Bonchev–Trinajstić information content (AvgIpc) is 3.47.